The molecule has 2 aromatic rings. The lowest BCUT2D eigenvalue weighted by Crippen LogP contribution is -2.04. The van der Waals surface area contributed by atoms with Crippen LogP contribution in [0.15, 0.2) is 42.5 Å². The molecule has 0 aliphatic rings. The monoisotopic (exact) mass is 264 g/mol. The number of benzene rings is 2. The summed E-state index contributed by atoms with van der Waals surface area (Å²) in [5, 5.41) is 13.6. The molecule has 0 aromatic heterocycles. The molecule has 0 unspecified atom stereocenters. The highest BCUT2D eigenvalue weighted by Crippen LogP contribution is 2.24. The Labute approximate surface area is 107 Å². The van der Waals surface area contributed by atoms with Crippen molar-refractivity contribution in [2.24, 2.45) is 0 Å². The molecule has 98 valence electrons. The molecule has 2 aromatic carbocycles. The van der Waals surface area contributed by atoms with Gasteiger partial charge in [-0.3, -0.25) is 10.1 Å². The predicted molar refractivity (Wildman–Crippen MR) is 66.8 cm³/mol. The highest BCUT2D eigenvalue weighted by molar-refractivity contribution is 5.61. The quantitative estimate of drug-likeness (QED) is 0.679. The summed E-state index contributed by atoms with van der Waals surface area (Å²) in [5.41, 5.74) is 0.431. The van der Waals surface area contributed by atoms with Crippen LogP contribution in [0.1, 0.15) is 5.56 Å². The highest BCUT2D eigenvalue weighted by Gasteiger charge is 2.12. The zero-order valence-electron chi connectivity index (χ0n) is 9.77. The summed E-state index contributed by atoms with van der Waals surface area (Å²) in [7, 11) is 0. The van der Waals surface area contributed by atoms with Crippen LogP contribution >= 0.6 is 0 Å². The summed E-state index contributed by atoms with van der Waals surface area (Å²) < 4.78 is 26.1. The lowest BCUT2D eigenvalue weighted by molar-refractivity contribution is -0.384. The molecular formula is C13H10F2N2O2. The largest absolute Gasteiger partial charge is 0.375 e. The number of hydrogen-bond acceptors (Lipinski definition) is 3. The van der Waals surface area contributed by atoms with Crippen LogP contribution in [0.25, 0.3) is 0 Å². The molecule has 0 heterocycles. The second-order valence-electron chi connectivity index (χ2n) is 3.86. The molecule has 19 heavy (non-hydrogen) atoms. The molecule has 4 nitrogen and oxygen atoms in total. The second-order valence-corrected chi connectivity index (χ2v) is 3.86. The normalized spacial score (nSPS) is 10.2. The maximum Gasteiger partial charge on any atom is 0.292 e. The third-order valence-electron chi connectivity index (χ3n) is 2.59. The molecule has 0 saturated heterocycles. The minimum absolute atomic E-state index is 0.0387. The summed E-state index contributed by atoms with van der Waals surface area (Å²) in [4.78, 5) is 10.3. The fourth-order valence-corrected chi connectivity index (χ4v) is 1.64. The van der Waals surface area contributed by atoms with Crippen molar-refractivity contribution >= 4 is 11.4 Å². The number of anilines is 1. The van der Waals surface area contributed by atoms with Crippen molar-refractivity contribution in [3.05, 3.63) is 69.8 Å². The van der Waals surface area contributed by atoms with Crippen LogP contribution in [-0.2, 0) is 6.54 Å². The third kappa shape index (κ3) is 3.04. The molecule has 0 atom stereocenters. The molecule has 0 aliphatic carbocycles. The van der Waals surface area contributed by atoms with Crippen molar-refractivity contribution in [1.82, 2.24) is 0 Å². The highest BCUT2D eigenvalue weighted by atomic mass is 19.1. The van der Waals surface area contributed by atoms with Gasteiger partial charge in [0.25, 0.3) is 5.69 Å². The van der Waals surface area contributed by atoms with E-state index < -0.39 is 16.6 Å². The molecule has 0 fully saturated rings. The number of nitro groups is 1. The van der Waals surface area contributed by atoms with Gasteiger partial charge in [-0.15, -0.1) is 0 Å². The Hall–Kier alpha value is -2.50. The Morgan fingerprint density at radius 1 is 1.16 bits per heavy atom. The Balaban J connectivity index is 2.17. The van der Waals surface area contributed by atoms with Gasteiger partial charge in [0.05, 0.1) is 4.92 Å². The average Bonchev–Trinajstić information content (AvgIpc) is 2.38. The number of hydrogen-bond donors (Lipinski definition) is 1. The first-order chi connectivity index (χ1) is 9.08. The average molecular weight is 264 g/mol. The van der Waals surface area contributed by atoms with Crippen molar-refractivity contribution in [3.63, 3.8) is 0 Å². The number of nitrogens with zero attached hydrogens (tertiary/aromatic N) is 1. The topological polar surface area (TPSA) is 55.2 Å². The van der Waals surface area contributed by atoms with Gasteiger partial charge in [0.2, 0.25) is 0 Å². The number of rotatable bonds is 4. The minimum atomic E-state index is -0.689. The number of nitro benzene ring substituents is 1. The molecule has 0 aliphatic heterocycles. The zero-order valence-corrected chi connectivity index (χ0v) is 9.77. The van der Waals surface area contributed by atoms with E-state index in [1.807, 2.05) is 0 Å². The van der Waals surface area contributed by atoms with Crippen molar-refractivity contribution < 1.29 is 13.7 Å². The summed E-state index contributed by atoms with van der Waals surface area (Å²) in [6, 6.07) is 9.27. The van der Waals surface area contributed by atoms with Crippen LogP contribution in [0.2, 0.25) is 0 Å². The van der Waals surface area contributed by atoms with E-state index in [1.54, 1.807) is 12.1 Å². The first-order valence-corrected chi connectivity index (χ1v) is 5.49. The minimum Gasteiger partial charge on any atom is -0.375 e. The Morgan fingerprint density at radius 3 is 2.58 bits per heavy atom. The third-order valence-corrected chi connectivity index (χ3v) is 2.59. The van der Waals surface area contributed by atoms with E-state index in [0.717, 1.165) is 12.1 Å². The van der Waals surface area contributed by atoms with Gasteiger partial charge in [0.1, 0.15) is 17.3 Å². The first-order valence-electron chi connectivity index (χ1n) is 5.49. The van der Waals surface area contributed by atoms with E-state index in [4.69, 9.17) is 0 Å². The van der Waals surface area contributed by atoms with E-state index in [0.29, 0.717) is 0 Å². The lowest BCUT2D eigenvalue weighted by atomic mass is 10.2. The number of nitrogens with one attached hydrogen (secondary N) is 1. The van der Waals surface area contributed by atoms with Crippen LogP contribution in [-0.4, -0.2) is 4.92 Å². The van der Waals surface area contributed by atoms with Crippen molar-refractivity contribution in [1.29, 1.82) is 0 Å². The van der Waals surface area contributed by atoms with Gasteiger partial charge < -0.3 is 5.32 Å². The maximum absolute atomic E-state index is 13.4. The van der Waals surface area contributed by atoms with Crippen molar-refractivity contribution in [2.45, 2.75) is 6.54 Å². The Morgan fingerprint density at radius 2 is 1.89 bits per heavy atom. The smallest absolute Gasteiger partial charge is 0.292 e. The van der Waals surface area contributed by atoms with Crippen LogP contribution in [0.4, 0.5) is 20.2 Å². The van der Waals surface area contributed by atoms with E-state index in [-0.39, 0.29) is 23.5 Å². The Bertz CT molecular complexity index is 617. The van der Waals surface area contributed by atoms with Crippen LogP contribution < -0.4 is 5.32 Å². The molecule has 2 rings (SSSR count). The fourth-order valence-electron chi connectivity index (χ4n) is 1.64. The first kappa shape index (κ1) is 12.9. The lowest BCUT2D eigenvalue weighted by Gasteiger charge is -2.07. The van der Waals surface area contributed by atoms with Crippen LogP contribution in [0.3, 0.4) is 0 Å². The van der Waals surface area contributed by atoms with Crippen LogP contribution in [0, 0.1) is 21.7 Å². The maximum atomic E-state index is 13.4. The standard InChI is InChI=1S/C13H10F2N2O2/c14-10-6-5-9(11(15)7-10)8-16-12-3-1-2-4-13(12)17(18)19/h1-7,16H,8H2. The van der Waals surface area contributed by atoms with Crippen LogP contribution in [0.5, 0.6) is 0 Å². The Kier molecular flexibility index (Phi) is 3.70. The molecule has 0 radical (unpaired) electrons. The van der Waals surface area contributed by atoms with Gasteiger partial charge in [-0.25, -0.2) is 8.78 Å². The molecule has 6 heteroatoms. The van der Waals surface area contributed by atoms with E-state index in [2.05, 4.69) is 5.32 Å². The van der Waals surface area contributed by atoms with Gasteiger partial charge in [-0.2, -0.15) is 0 Å². The van der Waals surface area contributed by atoms with Crippen molar-refractivity contribution in [3.8, 4) is 0 Å². The van der Waals surface area contributed by atoms with Gasteiger partial charge in [0.15, 0.2) is 0 Å². The van der Waals surface area contributed by atoms with Gasteiger partial charge >= 0.3 is 0 Å². The fraction of sp³-hybridized carbons (Fsp3) is 0.0769. The molecule has 1 N–H and O–H groups in total. The predicted octanol–water partition coefficient (Wildman–Crippen LogP) is 3.49. The van der Waals surface area contributed by atoms with E-state index >= 15 is 0 Å². The molecule has 0 amide bonds. The number of halogens is 2. The number of para-hydroxylation sites is 2. The molecule has 0 spiro atoms. The molecular weight excluding hydrogens is 254 g/mol. The zero-order chi connectivity index (χ0) is 13.8. The van der Waals surface area contributed by atoms with E-state index in [9.17, 15) is 18.9 Å². The van der Waals surface area contributed by atoms with Gasteiger partial charge in [-0.1, -0.05) is 18.2 Å². The SMILES string of the molecule is O=[N+]([O-])c1ccccc1NCc1ccc(F)cc1F. The summed E-state index contributed by atoms with van der Waals surface area (Å²) in [6.45, 7) is 0.0387. The summed E-state index contributed by atoms with van der Waals surface area (Å²) >= 11 is 0. The van der Waals surface area contributed by atoms with Gasteiger partial charge in [-0.05, 0) is 12.1 Å². The molecule has 0 bridgehead atoms. The van der Waals surface area contributed by atoms with Crippen molar-refractivity contribution in [2.75, 3.05) is 5.32 Å². The summed E-state index contributed by atoms with van der Waals surface area (Å²) in [6.07, 6.45) is 0. The van der Waals surface area contributed by atoms with E-state index in [1.165, 1.54) is 18.2 Å². The van der Waals surface area contributed by atoms with Gasteiger partial charge in [0, 0.05) is 24.2 Å². The molecule has 0 saturated carbocycles. The summed E-state index contributed by atoms with van der Waals surface area (Å²) in [5.74, 6) is -1.35. The second kappa shape index (κ2) is 5.43.